The van der Waals surface area contributed by atoms with E-state index in [4.69, 9.17) is 4.52 Å². The van der Waals surface area contributed by atoms with Crippen LogP contribution in [0.5, 0.6) is 0 Å². The van der Waals surface area contributed by atoms with Crippen molar-refractivity contribution >= 4 is 17.2 Å². The molecule has 134 valence electrons. The van der Waals surface area contributed by atoms with Crippen molar-refractivity contribution in [2.24, 2.45) is 5.92 Å². The number of amides is 1. The highest BCUT2D eigenvalue weighted by Crippen LogP contribution is 2.22. The van der Waals surface area contributed by atoms with Crippen molar-refractivity contribution in [3.8, 4) is 11.5 Å². The van der Waals surface area contributed by atoms with Crippen molar-refractivity contribution in [3.63, 3.8) is 0 Å². The highest BCUT2D eigenvalue weighted by molar-refractivity contribution is 7.08. The topological polar surface area (TPSA) is 85.0 Å². The SMILES string of the molecule is O=C(Cc1ccsc1)N1CCC[C@H](Cc2nc(-c3cnccn3)no2)C1. The van der Waals surface area contributed by atoms with Gasteiger partial charge in [0, 0.05) is 31.9 Å². The Labute approximate surface area is 155 Å². The number of thiophene rings is 1. The molecule has 1 aliphatic rings. The van der Waals surface area contributed by atoms with E-state index in [1.54, 1.807) is 29.9 Å². The monoisotopic (exact) mass is 369 g/mol. The van der Waals surface area contributed by atoms with Crippen molar-refractivity contribution in [2.45, 2.75) is 25.7 Å². The van der Waals surface area contributed by atoms with Gasteiger partial charge < -0.3 is 9.42 Å². The fourth-order valence-corrected chi connectivity index (χ4v) is 3.91. The molecule has 8 heteroatoms. The molecule has 4 rings (SSSR count). The Balaban J connectivity index is 1.36. The van der Waals surface area contributed by atoms with Crippen molar-refractivity contribution in [1.29, 1.82) is 0 Å². The number of nitrogens with zero attached hydrogens (tertiary/aromatic N) is 5. The molecule has 1 aliphatic heterocycles. The standard InChI is InChI=1S/C18H19N5O2S/c24-17(9-14-3-7-26-12-14)23-6-1-2-13(11-23)8-16-21-18(22-25-16)15-10-19-4-5-20-15/h3-5,7,10,12-13H,1-2,6,8-9,11H2/t13-/m1/s1. The lowest BCUT2D eigenvalue weighted by molar-refractivity contribution is -0.132. The summed E-state index contributed by atoms with van der Waals surface area (Å²) >= 11 is 1.62. The van der Waals surface area contributed by atoms with Gasteiger partial charge in [-0.05, 0) is 41.1 Å². The molecule has 1 fully saturated rings. The van der Waals surface area contributed by atoms with Gasteiger partial charge in [-0.25, -0.2) is 4.98 Å². The zero-order valence-corrected chi connectivity index (χ0v) is 15.1. The molecule has 7 nitrogen and oxygen atoms in total. The Morgan fingerprint density at radius 2 is 2.35 bits per heavy atom. The Kier molecular flexibility index (Phi) is 5.01. The second-order valence-electron chi connectivity index (χ2n) is 6.46. The molecule has 26 heavy (non-hydrogen) atoms. The quantitative estimate of drug-likeness (QED) is 0.687. The number of rotatable bonds is 5. The Hall–Kier alpha value is -2.61. The van der Waals surface area contributed by atoms with Gasteiger partial charge in [-0.3, -0.25) is 9.78 Å². The molecule has 0 unspecified atom stereocenters. The van der Waals surface area contributed by atoms with Gasteiger partial charge in [0.15, 0.2) is 0 Å². The molecule has 0 N–H and O–H groups in total. The molecule has 1 amide bonds. The lowest BCUT2D eigenvalue weighted by atomic mass is 9.94. The summed E-state index contributed by atoms with van der Waals surface area (Å²) in [4.78, 5) is 27.1. The Morgan fingerprint density at radius 1 is 1.38 bits per heavy atom. The van der Waals surface area contributed by atoms with Gasteiger partial charge in [-0.15, -0.1) is 0 Å². The van der Waals surface area contributed by atoms with Gasteiger partial charge in [0.1, 0.15) is 5.69 Å². The number of likely N-dealkylation sites (tertiary alicyclic amines) is 1. The van der Waals surface area contributed by atoms with Crippen LogP contribution in [0.3, 0.4) is 0 Å². The number of piperidine rings is 1. The van der Waals surface area contributed by atoms with E-state index in [-0.39, 0.29) is 5.91 Å². The predicted molar refractivity (Wildman–Crippen MR) is 96.4 cm³/mol. The fraction of sp³-hybridized carbons (Fsp3) is 0.389. The normalized spacial score (nSPS) is 17.4. The molecule has 0 saturated carbocycles. The van der Waals surface area contributed by atoms with Gasteiger partial charge in [-0.2, -0.15) is 16.3 Å². The molecule has 4 heterocycles. The van der Waals surface area contributed by atoms with E-state index in [1.807, 2.05) is 21.7 Å². The molecule has 3 aromatic heterocycles. The summed E-state index contributed by atoms with van der Waals surface area (Å²) in [5.41, 5.74) is 1.69. The average molecular weight is 369 g/mol. The number of carbonyl (C=O) groups excluding carboxylic acids is 1. The average Bonchev–Trinajstić information content (AvgIpc) is 3.35. The Bertz CT molecular complexity index is 850. The lowest BCUT2D eigenvalue weighted by Crippen LogP contribution is -2.41. The van der Waals surface area contributed by atoms with Gasteiger partial charge >= 0.3 is 0 Å². The van der Waals surface area contributed by atoms with Crippen molar-refractivity contribution in [1.82, 2.24) is 25.0 Å². The third kappa shape index (κ3) is 3.96. The van der Waals surface area contributed by atoms with Crippen LogP contribution in [-0.4, -0.2) is 44.0 Å². The first-order valence-corrected chi connectivity index (χ1v) is 9.60. The highest BCUT2D eigenvalue weighted by atomic mass is 32.1. The van der Waals surface area contributed by atoms with Crippen LogP contribution < -0.4 is 0 Å². The fourth-order valence-electron chi connectivity index (χ4n) is 3.24. The minimum atomic E-state index is 0.193. The van der Waals surface area contributed by atoms with E-state index in [2.05, 4.69) is 20.1 Å². The molecule has 1 saturated heterocycles. The van der Waals surface area contributed by atoms with E-state index < -0.39 is 0 Å². The number of aromatic nitrogens is 4. The summed E-state index contributed by atoms with van der Waals surface area (Å²) in [7, 11) is 0. The number of hydrogen-bond acceptors (Lipinski definition) is 7. The van der Waals surface area contributed by atoms with Crippen LogP contribution in [0.15, 0.2) is 39.9 Å². The van der Waals surface area contributed by atoms with E-state index in [0.29, 0.717) is 36.2 Å². The number of carbonyl (C=O) groups is 1. The zero-order chi connectivity index (χ0) is 17.8. The highest BCUT2D eigenvalue weighted by Gasteiger charge is 2.25. The summed E-state index contributed by atoms with van der Waals surface area (Å²) in [5, 5.41) is 8.03. The van der Waals surface area contributed by atoms with Crippen molar-refractivity contribution in [2.75, 3.05) is 13.1 Å². The molecule has 0 aliphatic carbocycles. The maximum Gasteiger partial charge on any atom is 0.227 e. The summed E-state index contributed by atoms with van der Waals surface area (Å²) in [6.45, 7) is 1.57. The third-order valence-corrected chi connectivity index (χ3v) is 5.26. The second-order valence-corrected chi connectivity index (χ2v) is 7.24. The van der Waals surface area contributed by atoms with Crippen molar-refractivity contribution in [3.05, 3.63) is 46.9 Å². The third-order valence-electron chi connectivity index (χ3n) is 4.53. The van der Waals surface area contributed by atoms with Gasteiger partial charge in [0.2, 0.25) is 17.6 Å². The smallest absolute Gasteiger partial charge is 0.227 e. The minimum absolute atomic E-state index is 0.193. The van der Waals surface area contributed by atoms with E-state index in [0.717, 1.165) is 31.5 Å². The first-order valence-electron chi connectivity index (χ1n) is 8.66. The number of hydrogen-bond donors (Lipinski definition) is 0. The van der Waals surface area contributed by atoms with Crippen LogP contribution in [0, 0.1) is 5.92 Å². The van der Waals surface area contributed by atoms with Gasteiger partial charge in [0.25, 0.3) is 0 Å². The summed E-state index contributed by atoms with van der Waals surface area (Å²) < 4.78 is 5.37. The molecular weight excluding hydrogens is 350 g/mol. The zero-order valence-electron chi connectivity index (χ0n) is 14.2. The molecular formula is C18H19N5O2S. The van der Waals surface area contributed by atoms with E-state index in [9.17, 15) is 4.79 Å². The van der Waals surface area contributed by atoms with Crippen LogP contribution in [-0.2, 0) is 17.6 Å². The largest absolute Gasteiger partial charge is 0.342 e. The first-order chi connectivity index (χ1) is 12.8. The van der Waals surface area contributed by atoms with Crippen LogP contribution in [0.1, 0.15) is 24.3 Å². The molecule has 3 aromatic rings. The van der Waals surface area contributed by atoms with E-state index >= 15 is 0 Å². The lowest BCUT2D eigenvalue weighted by Gasteiger charge is -2.32. The molecule has 0 spiro atoms. The van der Waals surface area contributed by atoms with E-state index in [1.165, 1.54) is 0 Å². The second kappa shape index (κ2) is 7.74. The maximum absolute atomic E-state index is 12.5. The summed E-state index contributed by atoms with van der Waals surface area (Å²) in [6, 6.07) is 2.01. The molecule has 0 radical (unpaired) electrons. The van der Waals surface area contributed by atoms with Gasteiger partial charge in [0.05, 0.1) is 12.6 Å². The molecule has 1 atom stereocenters. The van der Waals surface area contributed by atoms with Crippen LogP contribution in [0.2, 0.25) is 0 Å². The summed E-state index contributed by atoms with van der Waals surface area (Å²) in [5.74, 6) is 1.57. The predicted octanol–water partition coefficient (Wildman–Crippen LogP) is 2.61. The van der Waals surface area contributed by atoms with Gasteiger partial charge in [-0.1, -0.05) is 5.16 Å². The van der Waals surface area contributed by atoms with Crippen molar-refractivity contribution < 1.29 is 9.32 Å². The molecule has 0 bridgehead atoms. The van der Waals surface area contributed by atoms with Crippen LogP contribution >= 0.6 is 11.3 Å². The first kappa shape index (κ1) is 16.8. The minimum Gasteiger partial charge on any atom is -0.342 e. The van der Waals surface area contributed by atoms with Crippen LogP contribution in [0.4, 0.5) is 0 Å². The molecule has 0 aromatic carbocycles. The summed E-state index contributed by atoms with van der Waals surface area (Å²) in [6.07, 6.45) is 8.04. The maximum atomic E-state index is 12.5. The van der Waals surface area contributed by atoms with Crippen LogP contribution in [0.25, 0.3) is 11.5 Å². The Morgan fingerprint density at radius 3 is 3.15 bits per heavy atom.